The summed E-state index contributed by atoms with van der Waals surface area (Å²) in [5, 5.41) is 11.9. The lowest BCUT2D eigenvalue weighted by molar-refractivity contribution is 0.0698. The van der Waals surface area contributed by atoms with Crippen molar-refractivity contribution in [2.24, 2.45) is 0 Å². The summed E-state index contributed by atoms with van der Waals surface area (Å²) in [6.07, 6.45) is 2.11. The Bertz CT molecular complexity index is 571. The average molecular weight is 265 g/mol. The number of anilines is 1. The quantitative estimate of drug-likeness (QED) is 0.890. The van der Waals surface area contributed by atoms with Crippen LogP contribution >= 0.6 is 11.3 Å². The highest BCUT2D eigenvalue weighted by Gasteiger charge is 2.18. The number of hydrogen-bond donors (Lipinski definition) is 2. The van der Waals surface area contributed by atoms with Crippen LogP contribution in [0.25, 0.3) is 0 Å². The number of rotatable bonds is 4. The molecule has 5 nitrogen and oxygen atoms in total. The van der Waals surface area contributed by atoms with Crippen molar-refractivity contribution < 1.29 is 19.1 Å². The van der Waals surface area contributed by atoms with Gasteiger partial charge in [0.25, 0.3) is 5.91 Å². The number of thiophene rings is 1. The maximum absolute atomic E-state index is 11.8. The van der Waals surface area contributed by atoms with Crippen LogP contribution in [0.1, 0.15) is 32.7 Å². The number of aromatic carboxylic acids is 1. The third-order valence-electron chi connectivity index (χ3n) is 2.33. The van der Waals surface area contributed by atoms with Crippen molar-refractivity contribution in [3.63, 3.8) is 0 Å². The number of nitrogens with one attached hydrogen (secondary N) is 1. The Hall–Kier alpha value is -2.08. The molecule has 0 aliphatic heterocycles. The fourth-order valence-electron chi connectivity index (χ4n) is 1.44. The van der Waals surface area contributed by atoms with Crippen molar-refractivity contribution in [1.82, 2.24) is 0 Å². The van der Waals surface area contributed by atoms with Crippen LogP contribution in [0, 0.1) is 0 Å². The SMILES string of the molecule is CCc1cc(C(=O)O)c(NC(=O)c2ccco2)s1. The first kappa shape index (κ1) is 12.4. The molecule has 6 heteroatoms. The molecule has 0 atom stereocenters. The average Bonchev–Trinajstić information content (AvgIpc) is 2.97. The number of carbonyl (C=O) groups excluding carboxylic acids is 1. The third-order valence-corrected chi connectivity index (χ3v) is 3.53. The van der Waals surface area contributed by atoms with Gasteiger partial charge in [-0.05, 0) is 24.6 Å². The number of hydrogen-bond acceptors (Lipinski definition) is 4. The van der Waals surface area contributed by atoms with Crippen molar-refractivity contribution in [2.75, 3.05) is 5.32 Å². The van der Waals surface area contributed by atoms with E-state index >= 15 is 0 Å². The first-order valence-corrected chi connectivity index (χ1v) is 6.14. The summed E-state index contributed by atoms with van der Waals surface area (Å²) in [4.78, 5) is 23.7. The van der Waals surface area contributed by atoms with E-state index in [2.05, 4.69) is 5.32 Å². The second-order valence-electron chi connectivity index (χ2n) is 3.55. The predicted octanol–water partition coefficient (Wildman–Crippen LogP) is 2.85. The molecule has 0 radical (unpaired) electrons. The maximum Gasteiger partial charge on any atom is 0.338 e. The molecule has 0 bridgehead atoms. The predicted molar refractivity (Wildman–Crippen MR) is 67.3 cm³/mol. The van der Waals surface area contributed by atoms with Gasteiger partial charge in [0.05, 0.1) is 11.8 Å². The lowest BCUT2D eigenvalue weighted by atomic mass is 10.2. The Morgan fingerprint density at radius 2 is 2.28 bits per heavy atom. The standard InChI is InChI=1S/C12H11NO4S/c1-2-7-6-8(12(15)16)11(18-7)13-10(14)9-4-3-5-17-9/h3-6H,2H2,1H3,(H,13,14)(H,15,16). The molecular formula is C12H11NO4S. The van der Waals surface area contributed by atoms with E-state index < -0.39 is 11.9 Å². The molecule has 0 fully saturated rings. The fourth-order valence-corrected chi connectivity index (χ4v) is 2.42. The van der Waals surface area contributed by atoms with Gasteiger partial charge in [0, 0.05) is 4.88 Å². The first-order chi connectivity index (χ1) is 8.61. The van der Waals surface area contributed by atoms with Crippen LogP contribution in [0.3, 0.4) is 0 Å². The van der Waals surface area contributed by atoms with Crippen molar-refractivity contribution in [2.45, 2.75) is 13.3 Å². The summed E-state index contributed by atoms with van der Waals surface area (Å²) < 4.78 is 4.95. The van der Waals surface area contributed by atoms with Crippen LogP contribution in [-0.4, -0.2) is 17.0 Å². The molecule has 0 aromatic carbocycles. The Morgan fingerprint density at radius 3 is 2.83 bits per heavy atom. The molecule has 0 aliphatic carbocycles. The molecule has 0 unspecified atom stereocenters. The zero-order valence-corrected chi connectivity index (χ0v) is 10.4. The van der Waals surface area contributed by atoms with Gasteiger partial charge in [-0.2, -0.15) is 0 Å². The molecule has 2 rings (SSSR count). The fraction of sp³-hybridized carbons (Fsp3) is 0.167. The van der Waals surface area contributed by atoms with E-state index in [4.69, 9.17) is 9.52 Å². The van der Waals surface area contributed by atoms with E-state index in [9.17, 15) is 9.59 Å². The largest absolute Gasteiger partial charge is 0.478 e. The Kier molecular flexibility index (Phi) is 3.47. The second-order valence-corrected chi connectivity index (χ2v) is 4.68. The number of carbonyl (C=O) groups is 2. The van der Waals surface area contributed by atoms with E-state index in [1.54, 1.807) is 12.1 Å². The lowest BCUT2D eigenvalue weighted by Crippen LogP contribution is -2.12. The highest BCUT2D eigenvalue weighted by molar-refractivity contribution is 7.16. The van der Waals surface area contributed by atoms with Crippen molar-refractivity contribution in [3.05, 3.63) is 40.7 Å². The molecular weight excluding hydrogens is 254 g/mol. The summed E-state index contributed by atoms with van der Waals surface area (Å²) >= 11 is 1.26. The summed E-state index contributed by atoms with van der Waals surface area (Å²) in [7, 11) is 0. The highest BCUT2D eigenvalue weighted by atomic mass is 32.1. The summed E-state index contributed by atoms with van der Waals surface area (Å²) in [5.74, 6) is -1.36. The van der Waals surface area contributed by atoms with Gasteiger partial charge in [-0.1, -0.05) is 6.92 Å². The number of carboxylic acids is 1. The van der Waals surface area contributed by atoms with Gasteiger partial charge in [0.15, 0.2) is 5.76 Å². The van der Waals surface area contributed by atoms with Gasteiger partial charge >= 0.3 is 5.97 Å². The lowest BCUT2D eigenvalue weighted by Gasteiger charge is -2.01. The van der Waals surface area contributed by atoms with Crippen LogP contribution in [0.2, 0.25) is 0 Å². The zero-order valence-electron chi connectivity index (χ0n) is 9.60. The van der Waals surface area contributed by atoms with E-state index in [0.717, 1.165) is 11.3 Å². The normalized spacial score (nSPS) is 10.3. The number of aryl methyl sites for hydroxylation is 1. The van der Waals surface area contributed by atoms with Gasteiger partial charge in [0.1, 0.15) is 5.00 Å². The minimum absolute atomic E-state index is 0.108. The van der Waals surface area contributed by atoms with Gasteiger partial charge in [0.2, 0.25) is 0 Å². The number of furan rings is 1. The molecule has 0 aliphatic rings. The second kappa shape index (κ2) is 5.05. The van der Waals surface area contributed by atoms with Gasteiger partial charge in [-0.25, -0.2) is 4.79 Å². The zero-order chi connectivity index (χ0) is 13.1. The van der Waals surface area contributed by atoms with Gasteiger partial charge in [-0.3, -0.25) is 4.79 Å². The van der Waals surface area contributed by atoms with Crippen LogP contribution in [0.4, 0.5) is 5.00 Å². The van der Waals surface area contributed by atoms with Crippen molar-refractivity contribution in [1.29, 1.82) is 0 Å². The first-order valence-electron chi connectivity index (χ1n) is 5.32. The summed E-state index contributed by atoms with van der Waals surface area (Å²) in [6, 6.07) is 4.69. The smallest absolute Gasteiger partial charge is 0.338 e. The number of amides is 1. The monoisotopic (exact) mass is 265 g/mol. The van der Waals surface area contributed by atoms with E-state index in [-0.39, 0.29) is 11.3 Å². The van der Waals surface area contributed by atoms with Gasteiger partial charge < -0.3 is 14.8 Å². The molecule has 1 amide bonds. The Labute approximate surface area is 107 Å². The van der Waals surface area contributed by atoms with E-state index in [1.165, 1.54) is 23.7 Å². The van der Waals surface area contributed by atoms with Crippen molar-refractivity contribution in [3.8, 4) is 0 Å². The molecule has 94 valence electrons. The molecule has 2 heterocycles. The Balaban J connectivity index is 2.25. The molecule has 18 heavy (non-hydrogen) atoms. The molecule has 0 saturated heterocycles. The minimum atomic E-state index is -1.05. The summed E-state index contributed by atoms with van der Waals surface area (Å²) in [6.45, 7) is 1.93. The van der Waals surface area contributed by atoms with E-state index in [0.29, 0.717) is 5.00 Å². The third kappa shape index (κ3) is 2.43. The summed E-state index contributed by atoms with van der Waals surface area (Å²) in [5.41, 5.74) is 0.108. The van der Waals surface area contributed by atoms with Gasteiger partial charge in [-0.15, -0.1) is 11.3 Å². The molecule has 2 aromatic heterocycles. The van der Waals surface area contributed by atoms with Crippen molar-refractivity contribution >= 4 is 28.2 Å². The van der Waals surface area contributed by atoms with E-state index in [1.807, 2.05) is 6.92 Å². The Morgan fingerprint density at radius 1 is 1.50 bits per heavy atom. The van der Waals surface area contributed by atoms with Crippen LogP contribution in [0.15, 0.2) is 28.9 Å². The highest BCUT2D eigenvalue weighted by Crippen LogP contribution is 2.29. The molecule has 2 N–H and O–H groups in total. The molecule has 2 aromatic rings. The van der Waals surface area contributed by atoms with Crippen LogP contribution in [0.5, 0.6) is 0 Å². The maximum atomic E-state index is 11.8. The molecule has 0 spiro atoms. The molecule has 0 saturated carbocycles. The number of carboxylic acid groups (broad SMARTS) is 1. The minimum Gasteiger partial charge on any atom is -0.478 e. The topological polar surface area (TPSA) is 79.5 Å². The van der Waals surface area contributed by atoms with Crippen LogP contribution < -0.4 is 5.32 Å². The van der Waals surface area contributed by atoms with Crippen LogP contribution in [-0.2, 0) is 6.42 Å².